The highest BCUT2D eigenvalue weighted by Gasteiger charge is 2.07. The monoisotopic (exact) mass is 283 g/mol. The van der Waals surface area contributed by atoms with E-state index in [2.05, 4.69) is 26.2 Å². The molecule has 0 saturated carbocycles. The topological polar surface area (TPSA) is 29.9 Å². The lowest BCUT2D eigenvalue weighted by molar-refractivity contribution is 0.620. The summed E-state index contributed by atoms with van der Waals surface area (Å²) in [6, 6.07) is 4.85. The van der Waals surface area contributed by atoms with Crippen molar-refractivity contribution in [3.05, 3.63) is 40.4 Å². The molecule has 0 radical (unpaired) electrons. The van der Waals surface area contributed by atoms with Gasteiger partial charge in [0, 0.05) is 18.9 Å². The quantitative estimate of drug-likeness (QED) is 0.918. The van der Waals surface area contributed by atoms with Crippen LogP contribution in [0.25, 0.3) is 5.69 Å². The number of aromatic nitrogens is 2. The Morgan fingerprint density at radius 3 is 2.81 bits per heavy atom. The summed E-state index contributed by atoms with van der Waals surface area (Å²) in [5, 5.41) is 2.99. The van der Waals surface area contributed by atoms with Crippen molar-refractivity contribution in [3.8, 4) is 5.69 Å². The minimum atomic E-state index is -0.272. The maximum absolute atomic E-state index is 13.1. The van der Waals surface area contributed by atoms with Crippen molar-refractivity contribution in [2.24, 2.45) is 0 Å². The molecule has 84 valence electrons. The summed E-state index contributed by atoms with van der Waals surface area (Å²) in [7, 11) is 1.80. The molecule has 0 aliphatic carbocycles. The van der Waals surface area contributed by atoms with Crippen LogP contribution < -0.4 is 5.32 Å². The van der Waals surface area contributed by atoms with E-state index < -0.39 is 0 Å². The Kier molecular flexibility index (Phi) is 2.96. The fraction of sp³-hybridized carbons (Fsp3) is 0.182. The summed E-state index contributed by atoms with van der Waals surface area (Å²) in [5.74, 6) is 0.461. The molecule has 3 nitrogen and oxygen atoms in total. The largest absolute Gasteiger partial charge is 0.358 e. The number of aryl methyl sites for hydroxylation is 1. The molecule has 0 bridgehead atoms. The van der Waals surface area contributed by atoms with Gasteiger partial charge in [-0.15, -0.1) is 0 Å². The summed E-state index contributed by atoms with van der Waals surface area (Å²) in [5.41, 5.74) is 1.77. The first-order valence-corrected chi connectivity index (χ1v) is 5.60. The van der Waals surface area contributed by atoms with E-state index in [4.69, 9.17) is 0 Å². The fourth-order valence-corrected chi connectivity index (χ4v) is 1.87. The molecule has 1 N–H and O–H groups in total. The van der Waals surface area contributed by atoms with Gasteiger partial charge in [-0.3, -0.25) is 4.57 Å². The number of benzene rings is 1. The lowest BCUT2D eigenvalue weighted by atomic mass is 10.3. The zero-order valence-corrected chi connectivity index (χ0v) is 10.5. The van der Waals surface area contributed by atoms with Gasteiger partial charge in [-0.2, -0.15) is 0 Å². The summed E-state index contributed by atoms with van der Waals surface area (Å²) < 4.78 is 15.4. The average Bonchev–Trinajstić information content (AvgIpc) is 2.63. The van der Waals surface area contributed by atoms with Gasteiger partial charge in [-0.05, 0) is 41.1 Å². The lowest BCUT2D eigenvalue weighted by Gasteiger charge is -2.07. The maximum Gasteiger partial charge on any atom is 0.207 e. The molecule has 0 amide bonds. The van der Waals surface area contributed by atoms with Gasteiger partial charge < -0.3 is 5.32 Å². The van der Waals surface area contributed by atoms with E-state index in [-0.39, 0.29) is 5.82 Å². The van der Waals surface area contributed by atoms with Crippen molar-refractivity contribution in [1.29, 1.82) is 0 Å². The van der Waals surface area contributed by atoms with E-state index >= 15 is 0 Å². The van der Waals surface area contributed by atoms with Crippen LogP contribution in [0.2, 0.25) is 0 Å². The smallest absolute Gasteiger partial charge is 0.207 e. The van der Waals surface area contributed by atoms with E-state index in [1.807, 2.05) is 17.7 Å². The number of rotatable bonds is 2. The SMILES string of the molecule is CNc1nc(C)cn1-c1ccc(F)c(Br)c1. The molecule has 2 aromatic rings. The molecule has 2 rings (SSSR count). The molecule has 0 aliphatic rings. The van der Waals surface area contributed by atoms with Gasteiger partial charge in [0.2, 0.25) is 5.95 Å². The van der Waals surface area contributed by atoms with Crippen LogP contribution in [-0.2, 0) is 0 Å². The highest BCUT2D eigenvalue weighted by molar-refractivity contribution is 9.10. The molecule has 0 unspecified atom stereocenters. The Labute approximate surface area is 101 Å². The molecule has 1 aromatic heterocycles. The Balaban J connectivity index is 2.53. The second kappa shape index (κ2) is 4.25. The predicted molar refractivity (Wildman–Crippen MR) is 65.5 cm³/mol. The van der Waals surface area contributed by atoms with Crippen LogP contribution in [0.3, 0.4) is 0 Å². The van der Waals surface area contributed by atoms with E-state index in [1.165, 1.54) is 6.07 Å². The molecule has 0 spiro atoms. The first-order valence-electron chi connectivity index (χ1n) is 4.81. The Morgan fingerprint density at radius 2 is 2.19 bits per heavy atom. The summed E-state index contributed by atoms with van der Waals surface area (Å²) in [4.78, 5) is 4.30. The second-order valence-electron chi connectivity index (χ2n) is 3.42. The van der Waals surface area contributed by atoms with Crippen LogP contribution in [-0.4, -0.2) is 16.6 Å². The van der Waals surface area contributed by atoms with Crippen molar-refractivity contribution in [2.45, 2.75) is 6.92 Å². The van der Waals surface area contributed by atoms with Gasteiger partial charge in [0.25, 0.3) is 0 Å². The first kappa shape index (κ1) is 11.1. The predicted octanol–water partition coefficient (Wildman–Crippen LogP) is 3.12. The molecule has 5 heteroatoms. The fourth-order valence-electron chi connectivity index (χ4n) is 1.51. The number of anilines is 1. The molecular formula is C11H11BrFN3. The number of hydrogen-bond acceptors (Lipinski definition) is 2. The third kappa shape index (κ3) is 1.95. The van der Waals surface area contributed by atoms with Crippen LogP contribution >= 0.6 is 15.9 Å². The third-order valence-corrected chi connectivity index (χ3v) is 2.84. The molecule has 0 fully saturated rings. The number of nitrogens with zero attached hydrogens (tertiary/aromatic N) is 2. The van der Waals surface area contributed by atoms with Gasteiger partial charge >= 0.3 is 0 Å². The normalized spacial score (nSPS) is 10.5. The number of imidazole rings is 1. The first-order chi connectivity index (χ1) is 7.61. The Morgan fingerprint density at radius 1 is 1.44 bits per heavy atom. The molecule has 0 saturated heterocycles. The molecule has 1 heterocycles. The van der Waals surface area contributed by atoms with E-state index in [0.29, 0.717) is 4.47 Å². The van der Waals surface area contributed by atoms with Crippen LogP contribution in [0.15, 0.2) is 28.9 Å². The summed E-state index contributed by atoms with van der Waals surface area (Å²) in [6.45, 7) is 1.91. The Hall–Kier alpha value is -1.36. The molecular weight excluding hydrogens is 273 g/mol. The molecule has 0 aliphatic heterocycles. The van der Waals surface area contributed by atoms with Crippen LogP contribution in [0.1, 0.15) is 5.69 Å². The van der Waals surface area contributed by atoms with Crippen molar-refractivity contribution in [3.63, 3.8) is 0 Å². The van der Waals surface area contributed by atoms with Gasteiger partial charge in [-0.1, -0.05) is 0 Å². The minimum Gasteiger partial charge on any atom is -0.358 e. The molecule has 16 heavy (non-hydrogen) atoms. The van der Waals surface area contributed by atoms with Gasteiger partial charge in [0.15, 0.2) is 0 Å². The highest BCUT2D eigenvalue weighted by Crippen LogP contribution is 2.22. The number of halogens is 2. The Bertz CT molecular complexity index is 522. The zero-order chi connectivity index (χ0) is 11.7. The van der Waals surface area contributed by atoms with Crippen molar-refractivity contribution in [2.75, 3.05) is 12.4 Å². The third-order valence-electron chi connectivity index (χ3n) is 2.23. The standard InChI is InChI=1S/C11H11BrFN3/c1-7-6-16(11(14-2)15-7)8-3-4-10(13)9(12)5-8/h3-6H,1-2H3,(H,14,15). The van der Waals surface area contributed by atoms with E-state index in [0.717, 1.165) is 17.3 Å². The summed E-state index contributed by atoms with van der Waals surface area (Å²) >= 11 is 3.17. The minimum absolute atomic E-state index is 0.272. The van der Waals surface area contributed by atoms with Crippen LogP contribution in [0.4, 0.5) is 10.3 Å². The lowest BCUT2D eigenvalue weighted by Crippen LogP contribution is -2.00. The van der Waals surface area contributed by atoms with E-state index in [1.54, 1.807) is 19.2 Å². The summed E-state index contributed by atoms with van der Waals surface area (Å²) in [6.07, 6.45) is 1.89. The van der Waals surface area contributed by atoms with Crippen LogP contribution in [0, 0.1) is 12.7 Å². The second-order valence-corrected chi connectivity index (χ2v) is 4.28. The van der Waals surface area contributed by atoms with Gasteiger partial charge in [-0.25, -0.2) is 9.37 Å². The van der Waals surface area contributed by atoms with Gasteiger partial charge in [0.1, 0.15) is 5.82 Å². The average molecular weight is 284 g/mol. The van der Waals surface area contributed by atoms with Gasteiger partial charge in [0.05, 0.1) is 10.2 Å². The molecule has 0 atom stereocenters. The van der Waals surface area contributed by atoms with Crippen LogP contribution in [0.5, 0.6) is 0 Å². The number of nitrogens with one attached hydrogen (secondary N) is 1. The highest BCUT2D eigenvalue weighted by atomic mass is 79.9. The zero-order valence-electron chi connectivity index (χ0n) is 8.96. The van der Waals surface area contributed by atoms with Crippen molar-refractivity contribution in [1.82, 2.24) is 9.55 Å². The maximum atomic E-state index is 13.1. The van der Waals surface area contributed by atoms with Crippen molar-refractivity contribution >= 4 is 21.9 Å². The van der Waals surface area contributed by atoms with E-state index in [9.17, 15) is 4.39 Å². The molecule has 1 aromatic carbocycles. The van der Waals surface area contributed by atoms with Crippen molar-refractivity contribution < 1.29 is 4.39 Å². The number of hydrogen-bond donors (Lipinski definition) is 1.